The van der Waals surface area contributed by atoms with Crippen LogP contribution < -0.4 is 0 Å². The van der Waals surface area contributed by atoms with Crippen molar-refractivity contribution in [2.75, 3.05) is 20.1 Å². The molecule has 15 heavy (non-hydrogen) atoms. The Labute approximate surface area is 96.2 Å². The van der Waals surface area contributed by atoms with Crippen LogP contribution in [0.5, 0.6) is 0 Å². The molecule has 0 aromatic heterocycles. The second kappa shape index (κ2) is 7.27. The summed E-state index contributed by atoms with van der Waals surface area (Å²) in [5.74, 6) is 1.90. The minimum absolute atomic E-state index is 0.902. The lowest BCUT2D eigenvalue weighted by atomic mass is 9.89. The maximum atomic E-state index is 2.56. The highest BCUT2D eigenvalue weighted by Crippen LogP contribution is 2.24. The van der Waals surface area contributed by atoms with Crippen molar-refractivity contribution in [3.05, 3.63) is 0 Å². The average molecular weight is 211 g/mol. The molecule has 1 aliphatic carbocycles. The minimum atomic E-state index is 0.902. The van der Waals surface area contributed by atoms with Crippen LogP contribution in [-0.2, 0) is 0 Å². The first-order valence-electron chi connectivity index (χ1n) is 6.91. The summed E-state index contributed by atoms with van der Waals surface area (Å²) in [5, 5.41) is 0. The number of rotatable bonds is 6. The van der Waals surface area contributed by atoms with Gasteiger partial charge in [0.25, 0.3) is 0 Å². The molecule has 0 radical (unpaired) electrons. The molecular formula is C14H29N. The minimum Gasteiger partial charge on any atom is -0.306 e. The van der Waals surface area contributed by atoms with Crippen molar-refractivity contribution in [3.8, 4) is 0 Å². The Kier molecular flexibility index (Phi) is 6.31. The van der Waals surface area contributed by atoms with E-state index in [0.29, 0.717) is 0 Å². The van der Waals surface area contributed by atoms with Crippen LogP contribution in [0, 0.1) is 11.8 Å². The lowest BCUT2D eigenvalue weighted by Gasteiger charge is -2.27. The normalized spacial score (nSPS) is 20.8. The molecule has 0 N–H and O–H groups in total. The molecule has 1 aliphatic rings. The maximum absolute atomic E-state index is 2.56. The standard InChI is InChI=1S/C14H29N/c1-4-13(2)10-11-15(3)12-14-8-6-5-7-9-14/h13-14H,4-12H2,1-3H3. The van der Waals surface area contributed by atoms with Gasteiger partial charge in [-0.05, 0) is 44.7 Å². The Balaban J connectivity index is 2.08. The Morgan fingerprint density at radius 1 is 1.20 bits per heavy atom. The summed E-state index contributed by atoms with van der Waals surface area (Å²) in [5.41, 5.74) is 0. The first-order valence-corrected chi connectivity index (χ1v) is 6.91. The first-order chi connectivity index (χ1) is 7.22. The van der Waals surface area contributed by atoms with Crippen LogP contribution in [-0.4, -0.2) is 25.0 Å². The monoisotopic (exact) mass is 211 g/mol. The summed E-state index contributed by atoms with van der Waals surface area (Å²) in [6.45, 7) is 7.31. The van der Waals surface area contributed by atoms with Gasteiger partial charge >= 0.3 is 0 Å². The zero-order valence-electron chi connectivity index (χ0n) is 11.0. The highest BCUT2D eigenvalue weighted by molar-refractivity contribution is 4.69. The molecule has 0 bridgehead atoms. The first kappa shape index (κ1) is 13.0. The van der Waals surface area contributed by atoms with E-state index in [2.05, 4.69) is 25.8 Å². The molecule has 0 heterocycles. The summed E-state index contributed by atoms with van der Waals surface area (Å²) in [6.07, 6.45) is 10.1. The zero-order valence-corrected chi connectivity index (χ0v) is 11.0. The Morgan fingerprint density at radius 3 is 2.47 bits per heavy atom. The van der Waals surface area contributed by atoms with Crippen LogP contribution >= 0.6 is 0 Å². The van der Waals surface area contributed by atoms with Crippen molar-refractivity contribution in [1.82, 2.24) is 4.90 Å². The highest BCUT2D eigenvalue weighted by atomic mass is 15.1. The van der Waals surface area contributed by atoms with Crippen molar-refractivity contribution in [1.29, 1.82) is 0 Å². The molecule has 1 heteroatoms. The summed E-state index contributed by atoms with van der Waals surface area (Å²) < 4.78 is 0. The molecule has 1 fully saturated rings. The van der Waals surface area contributed by atoms with Gasteiger partial charge in [0.2, 0.25) is 0 Å². The summed E-state index contributed by atoms with van der Waals surface area (Å²) in [7, 11) is 2.30. The van der Waals surface area contributed by atoms with Crippen molar-refractivity contribution in [3.63, 3.8) is 0 Å². The predicted molar refractivity (Wildman–Crippen MR) is 68.1 cm³/mol. The van der Waals surface area contributed by atoms with E-state index in [1.165, 1.54) is 58.0 Å². The molecule has 0 amide bonds. The van der Waals surface area contributed by atoms with Gasteiger partial charge in [-0.15, -0.1) is 0 Å². The molecule has 1 atom stereocenters. The lowest BCUT2D eigenvalue weighted by molar-refractivity contribution is 0.222. The predicted octanol–water partition coefficient (Wildman–Crippen LogP) is 3.93. The smallest absolute Gasteiger partial charge is 0.000661 e. The fraction of sp³-hybridized carbons (Fsp3) is 1.00. The summed E-state index contributed by atoms with van der Waals surface area (Å²) in [4.78, 5) is 2.56. The number of hydrogen-bond acceptors (Lipinski definition) is 1. The number of hydrogen-bond donors (Lipinski definition) is 0. The molecule has 0 aromatic rings. The fourth-order valence-corrected chi connectivity index (χ4v) is 2.55. The third kappa shape index (κ3) is 5.55. The quantitative estimate of drug-likeness (QED) is 0.643. The third-order valence-corrected chi connectivity index (χ3v) is 4.00. The van der Waals surface area contributed by atoms with E-state index in [-0.39, 0.29) is 0 Å². The van der Waals surface area contributed by atoms with E-state index in [0.717, 1.165) is 11.8 Å². The molecule has 90 valence electrons. The topological polar surface area (TPSA) is 3.24 Å². The van der Waals surface area contributed by atoms with E-state index < -0.39 is 0 Å². The molecule has 1 unspecified atom stereocenters. The molecule has 1 saturated carbocycles. The third-order valence-electron chi connectivity index (χ3n) is 4.00. The van der Waals surface area contributed by atoms with E-state index in [1.807, 2.05) is 0 Å². The van der Waals surface area contributed by atoms with Crippen LogP contribution in [0.25, 0.3) is 0 Å². The van der Waals surface area contributed by atoms with Crippen molar-refractivity contribution in [2.24, 2.45) is 11.8 Å². The van der Waals surface area contributed by atoms with E-state index in [9.17, 15) is 0 Å². The van der Waals surface area contributed by atoms with Gasteiger partial charge in [0.05, 0.1) is 0 Å². The van der Waals surface area contributed by atoms with E-state index >= 15 is 0 Å². The molecule has 0 aliphatic heterocycles. The fourth-order valence-electron chi connectivity index (χ4n) is 2.55. The molecular weight excluding hydrogens is 182 g/mol. The molecule has 0 spiro atoms. The summed E-state index contributed by atoms with van der Waals surface area (Å²) >= 11 is 0. The lowest BCUT2D eigenvalue weighted by Crippen LogP contribution is -2.28. The van der Waals surface area contributed by atoms with Gasteiger partial charge in [-0.3, -0.25) is 0 Å². The van der Waals surface area contributed by atoms with Crippen molar-refractivity contribution < 1.29 is 0 Å². The SMILES string of the molecule is CCC(C)CCN(C)CC1CCCCC1. The number of nitrogens with zero attached hydrogens (tertiary/aromatic N) is 1. The van der Waals surface area contributed by atoms with Crippen LogP contribution in [0.4, 0.5) is 0 Å². The molecule has 1 rings (SSSR count). The van der Waals surface area contributed by atoms with Crippen LogP contribution in [0.15, 0.2) is 0 Å². The second-order valence-electron chi connectivity index (χ2n) is 5.57. The van der Waals surface area contributed by atoms with Gasteiger partial charge in [-0.2, -0.15) is 0 Å². The average Bonchev–Trinajstić information content (AvgIpc) is 2.27. The van der Waals surface area contributed by atoms with Gasteiger partial charge in [0.1, 0.15) is 0 Å². The van der Waals surface area contributed by atoms with Crippen molar-refractivity contribution in [2.45, 2.75) is 58.8 Å². The van der Waals surface area contributed by atoms with Crippen LogP contribution in [0.1, 0.15) is 58.8 Å². The summed E-state index contributed by atoms with van der Waals surface area (Å²) in [6, 6.07) is 0. The van der Waals surface area contributed by atoms with E-state index in [4.69, 9.17) is 0 Å². The largest absolute Gasteiger partial charge is 0.306 e. The van der Waals surface area contributed by atoms with Gasteiger partial charge < -0.3 is 4.90 Å². The van der Waals surface area contributed by atoms with Gasteiger partial charge in [0.15, 0.2) is 0 Å². The zero-order chi connectivity index (χ0) is 11.1. The molecule has 1 nitrogen and oxygen atoms in total. The maximum Gasteiger partial charge on any atom is 0.000661 e. The Morgan fingerprint density at radius 2 is 1.87 bits per heavy atom. The van der Waals surface area contributed by atoms with Gasteiger partial charge in [-0.25, -0.2) is 0 Å². The van der Waals surface area contributed by atoms with Crippen molar-refractivity contribution >= 4 is 0 Å². The van der Waals surface area contributed by atoms with Gasteiger partial charge in [0, 0.05) is 6.54 Å². The Hall–Kier alpha value is -0.0400. The van der Waals surface area contributed by atoms with E-state index in [1.54, 1.807) is 0 Å². The van der Waals surface area contributed by atoms with Gasteiger partial charge in [-0.1, -0.05) is 39.5 Å². The second-order valence-corrected chi connectivity index (χ2v) is 5.57. The molecule has 0 aromatic carbocycles. The Bertz CT molecular complexity index is 149. The van der Waals surface area contributed by atoms with Crippen LogP contribution in [0.2, 0.25) is 0 Å². The molecule has 0 saturated heterocycles. The van der Waals surface area contributed by atoms with Crippen LogP contribution in [0.3, 0.4) is 0 Å². The highest BCUT2D eigenvalue weighted by Gasteiger charge is 2.15.